The SMILES string of the molecule is CO[C@@H]1[C@H]2OC(C)(C)O[C@H]2O[C@@H]1[C@H](O)COC(C)=O. The second-order valence-corrected chi connectivity index (χ2v) is 5.14. The minimum absolute atomic E-state index is 0.150. The molecule has 7 heteroatoms. The molecule has 0 saturated carbocycles. The fourth-order valence-electron chi connectivity index (χ4n) is 2.38. The van der Waals surface area contributed by atoms with E-state index >= 15 is 0 Å². The average Bonchev–Trinajstić information content (AvgIpc) is 2.77. The number of rotatable bonds is 4. The number of hydrogen-bond acceptors (Lipinski definition) is 7. The van der Waals surface area contributed by atoms with Gasteiger partial charge < -0.3 is 28.8 Å². The minimum Gasteiger partial charge on any atom is -0.463 e. The molecule has 0 aromatic heterocycles. The van der Waals surface area contributed by atoms with Crippen LogP contribution in [0.5, 0.6) is 0 Å². The van der Waals surface area contributed by atoms with Crippen LogP contribution in [0.4, 0.5) is 0 Å². The Kier molecular flexibility index (Phi) is 4.12. The Hall–Kier alpha value is -0.730. The number of aliphatic hydroxyl groups is 1. The Morgan fingerprint density at radius 1 is 1.42 bits per heavy atom. The molecule has 0 unspecified atom stereocenters. The van der Waals surface area contributed by atoms with Crippen molar-refractivity contribution in [2.75, 3.05) is 13.7 Å². The zero-order chi connectivity index (χ0) is 14.2. The molecule has 7 nitrogen and oxygen atoms in total. The van der Waals surface area contributed by atoms with Crippen molar-refractivity contribution in [2.24, 2.45) is 0 Å². The van der Waals surface area contributed by atoms with Crippen LogP contribution in [0.3, 0.4) is 0 Å². The van der Waals surface area contributed by atoms with Crippen molar-refractivity contribution < 1.29 is 33.6 Å². The van der Waals surface area contributed by atoms with Crippen LogP contribution in [0.2, 0.25) is 0 Å². The summed E-state index contributed by atoms with van der Waals surface area (Å²) in [4.78, 5) is 10.7. The smallest absolute Gasteiger partial charge is 0.302 e. The minimum atomic E-state index is -0.991. The molecule has 0 amide bonds. The van der Waals surface area contributed by atoms with Gasteiger partial charge in [-0.25, -0.2) is 0 Å². The number of aliphatic hydroxyl groups excluding tert-OH is 1. The Bertz CT molecular complexity index is 343. The highest BCUT2D eigenvalue weighted by molar-refractivity contribution is 5.65. The van der Waals surface area contributed by atoms with Crippen LogP contribution in [-0.2, 0) is 28.5 Å². The maximum atomic E-state index is 10.7. The lowest BCUT2D eigenvalue weighted by Gasteiger charge is -2.27. The molecule has 0 aliphatic carbocycles. The van der Waals surface area contributed by atoms with Gasteiger partial charge in [0.2, 0.25) is 0 Å². The molecule has 0 aromatic carbocycles. The Balaban J connectivity index is 1.99. The van der Waals surface area contributed by atoms with Gasteiger partial charge in [0.15, 0.2) is 12.1 Å². The Labute approximate surface area is 111 Å². The first-order valence-electron chi connectivity index (χ1n) is 6.19. The Morgan fingerprint density at radius 2 is 2.11 bits per heavy atom. The van der Waals surface area contributed by atoms with Gasteiger partial charge in [-0.3, -0.25) is 4.79 Å². The van der Waals surface area contributed by atoms with Crippen molar-refractivity contribution >= 4 is 5.97 Å². The molecule has 19 heavy (non-hydrogen) atoms. The maximum Gasteiger partial charge on any atom is 0.302 e. The van der Waals surface area contributed by atoms with E-state index in [0.29, 0.717) is 0 Å². The number of fused-ring (bicyclic) bond motifs is 1. The molecule has 0 radical (unpaired) electrons. The van der Waals surface area contributed by atoms with Crippen molar-refractivity contribution in [1.29, 1.82) is 0 Å². The molecule has 1 N–H and O–H groups in total. The first-order valence-corrected chi connectivity index (χ1v) is 6.19. The fraction of sp³-hybridized carbons (Fsp3) is 0.917. The zero-order valence-corrected chi connectivity index (χ0v) is 11.5. The summed E-state index contributed by atoms with van der Waals surface area (Å²) in [5.41, 5.74) is 0. The number of carbonyl (C=O) groups is 1. The van der Waals surface area contributed by atoms with Gasteiger partial charge in [0, 0.05) is 14.0 Å². The summed E-state index contributed by atoms with van der Waals surface area (Å²) in [6.07, 6.45) is -3.11. The summed E-state index contributed by atoms with van der Waals surface area (Å²) < 4.78 is 27.0. The van der Waals surface area contributed by atoms with Crippen molar-refractivity contribution in [2.45, 2.75) is 57.3 Å². The van der Waals surface area contributed by atoms with Crippen molar-refractivity contribution in [3.05, 3.63) is 0 Å². The van der Waals surface area contributed by atoms with Crippen molar-refractivity contribution in [3.8, 4) is 0 Å². The lowest BCUT2D eigenvalue weighted by Crippen LogP contribution is -2.44. The third kappa shape index (κ3) is 3.06. The highest BCUT2D eigenvalue weighted by atomic mass is 16.8. The van der Waals surface area contributed by atoms with Crippen LogP contribution in [0.1, 0.15) is 20.8 Å². The van der Waals surface area contributed by atoms with E-state index in [1.807, 2.05) is 0 Å². The van der Waals surface area contributed by atoms with E-state index in [1.165, 1.54) is 14.0 Å². The monoisotopic (exact) mass is 276 g/mol. The molecule has 2 fully saturated rings. The molecule has 2 aliphatic heterocycles. The molecule has 2 aliphatic rings. The van der Waals surface area contributed by atoms with Crippen LogP contribution in [0, 0.1) is 0 Å². The van der Waals surface area contributed by atoms with E-state index in [0.717, 1.165) is 0 Å². The van der Waals surface area contributed by atoms with Crippen molar-refractivity contribution in [1.82, 2.24) is 0 Å². The largest absolute Gasteiger partial charge is 0.463 e. The van der Waals surface area contributed by atoms with Gasteiger partial charge in [0.25, 0.3) is 0 Å². The highest BCUT2D eigenvalue weighted by Crippen LogP contribution is 2.39. The fourth-order valence-corrected chi connectivity index (χ4v) is 2.38. The van der Waals surface area contributed by atoms with E-state index in [4.69, 9.17) is 23.7 Å². The number of carbonyl (C=O) groups excluding carboxylic acids is 1. The number of esters is 1. The first-order chi connectivity index (χ1) is 8.84. The third-order valence-electron chi connectivity index (χ3n) is 3.14. The zero-order valence-electron chi connectivity index (χ0n) is 11.5. The molecule has 2 saturated heterocycles. The van der Waals surface area contributed by atoms with Crippen LogP contribution in [0.15, 0.2) is 0 Å². The normalized spacial score (nSPS) is 37.9. The number of ether oxygens (including phenoxy) is 5. The number of methoxy groups -OCH3 is 1. The molecule has 2 rings (SSSR count). The average molecular weight is 276 g/mol. The molecule has 0 bridgehead atoms. The van der Waals surface area contributed by atoms with Gasteiger partial charge in [-0.05, 0) is 13.8 Å². The van der Waals surface area contributed by atoms with Crippen LogP contribution in [0.25, 0.3) is 0 Å². The maximum absolute atomic E-state index is 10.7. The molecule has 110 valence electrons. The van der Waals surface area contributed by atoms with Gasteiger partial charge in [0.05, 0.1) is 0 Å². The summed E-state index contributed by atoms with van der Waals surface area (Å²) >= 11 is 0. The molecule has 0 spiro atoms. The lowest BCUT2D eigenvalue weighted by atomic mass is 10.1. The van der Waals surface area contributed by atoms with Gasteiger partial charge in [-0.15, -0.1) is 0 Å². The third-order valence-corrected chi connectivity index (χ3v) is 3.14. The molecular formula is C12H20O7. The van der Waals surface area contributed by atoms with Gasteiger partial charge in [-0.2, -0.15) is 0 Å². The summed E-state index contributed by atoms with van der Waals surface area (Å²) in [6, 6.07) is 0. The van der Waals surface area contributed by atoms with E-state index in [-0.39, 0.29) is 6.61 Å². The van der Waals surface area contributed by atoms with E-state index < -0.39 is 42.5 Å². The Morgan fingerprint density at radius 3 is 2.68 bits per heavy atom. The molecule has 2 heterocycles. The van der Waals surface area contributed by atoms with Gasteiger partial charge in [0.1, 0.15) is 31.0 Å². The topological polar surface area (TPSA) is 83.5 Å². The van der Waals surface area contributed by atoms with E-state index in [2.05, 4.69) is 0 Å². The quantitative estimate of drug-likeness (QED) is 0.712. The van der Waals surface area contributed by atoms with Crippen LogP contribution >= 0.6 is 0 Å². The van der Waals surface area contributed by atoms with Gasteiger partial charge >= 0.3 is 5.97 Å². The van der Waals surface area contributed by atoms with Crippen LogP contribution in [-0.4, -0.2) is 61.3 Å². The lowest BCUT2D eigenvalue weighted by molar-refractivity contribution is -0.230. The molecular weight excluding hydrogens is 256 g/mol. The second-order valence-electron chi connectivity index (χ2n) is 5.14. The highest BCUT2D eigenvalue weighted by Gasteiger charge is 2.56. The number of hydrogen-bond donors (Lipinski definition) is 1. The van der Waals surface area contributed by atoms with Gasteiger partial charge in [-0.1, -0.05) is 0 Å². The van der Waals surface area contributed by atoms with Crippen LogP contribution < -0.4 is 0 Å². The van der Waals surface area contributed by atoms with E-state index in [1.54, 1.807) is 13.8 Å². The summed E-state index contributed by atoms with van der Waals surface area (Å²) in [5.74, 6) is -1.20. The summed E-state index contributed by atoms with van der Waals surface area (Å²) in [6.45, 7) is 4.69. The van der Waals surface area contributed by atoms with Crippen molar-refractivity contribution in [3.63, 3.8) is 0 Å². The first kappa shape index (κ1) is 14.7. The predicted octanol–water partition coefficient (Wildman–Crippen LogP) is -0.198. The molecule has 0 aromatic rings. The summed E-state index contributed by atoms with van der Waals surface area (Å²) in [7, 11) is 1.51. The predicted molar refractivity (Wildman–Crippen MR) is 62.1 cm³/mol. The standard InChI is InChI=1S/C12H20O7/c1-6(13)16-5-7(14)8-9(15-4)10-11(17-8)19-12(2,3)18-10/h7-11,14H,5H2,1-4H3/t7-,8-,9+,10-,11-/m1/s1. The second kappa shape index (κ2) is 5.34. The summed E-state index contributed by atoms with van der Waals surface area (Å²) in [5, 5.41) is 9.99. The molecule has 5 atom stereocenters. The van der Waals surface area contributed by atoms with E-state index in [9.17, 15) is 9.90 Å².